The average molecular weight is 292 g/mol. The van der Waals surface area contributed by atoms with Crippen LogP contribution < -0.4 is 10.1 Å². The lowest BCUT2D eigenvalue weighted by molar-refractivity contribution is -0.143. The minimum absolute atomic E-state index is 0.217. The summed E-state index contributed by atoms with van der Waals surface area (Å²) in [6.45, 7) is 3.32. The van der Waals surface area contributed by atoms with Gasteiger partial charge in [-0.3, -0.25) is 4.79 Å². The molecule has 1 aliphatic rings. The van der Waals surface area contributed by atoms with Crippen molar-refractivity contribution >= 4 is 17.7 Å². The predicted molar refractivity (Wildman–Crippen MR) is 78.6 cm³/mol. The Morgan fingerprint density at radius 2 is 2.00 bits per heavy atom. The zero-order valence-corrected chi connectivity index (χ0v) is 12.0. The van der Waals surface area contributed by atoms with Gasteiger partial charge in [0, 0.05) is 13.1 Å². The number of anilines is 1. The SMILES string of the molecule is CCOc1ccccc1NC(=O)N1CCC(C(=O)O)CC1. The van der Waals surface area contributed by atoms with E-state index < -0.39 is 5.97 Å². The van der Waals surface area contributed by atoms with Crippen LogP contribution in [0, 0.1) is 5.92 Å². The number of carbonyl (C=O) groups is 2. The molecule has 1 aliphatic heterocycles. The van der Waals surface area contributed by atoms with Crippen LogP contribution in [0.4, 0.5) is 10.5 Å². The summed E-state index contributed by atoms with van der Waals surface area (Å²) in [5, 5.41) is 11.8. The molecule has 1 aromatic rings. The van der Waals surface area contributed by atoms with Gasteiger partial charge in [0.1, 0.15) is 5.75 Å². The minimum atomic E-state index is -0.781. The van der Waals surface area contributed by atoms with Gasteiger partial charge in [0.05, 0.1) is 18.2 Å². The van der Waals surface area contributed by atoms with Crippen LogP contribution in [0.15, 0.2) is 24.3 Å². The van der Waals surface area contributed by atoms with E-state index in [2.05, 4.69) is 5.32 Å². The highest BCUT2D eigenvalue weighted by Crippen LogP contribution is 2.25. The molecule has 1 aromatic carbocycles. The highest BCUT2D eigenvalue weighted by Gasteiger charge is 2.27. The quantitative estimate of drug-likeness (QED) is 0.893. The second kappa shape index (κ2) is 6.97. The van der Waals surface area contributed by atoms with Crippen molar-refractivity contribution in [3.05, 3.63) is 24.3 Å². The van der Waals surface area contributed by atoms with E-state index in [0.717, 1.165) is 0 Å². The molecule has 2 amide bonds. The monoisotopic (exact) mass is 292 g/mol. The molecule has 114 valence electrons. The lowest BCUT2D eigenvalue weighted by Gasteiger charge is -2.30. The molecule has 0 bridgehead atoms. The molecule has 2 rings (SSSR count). The number of hydrogen-bond donors (Lipinski definition) is 2. The van der Waals surface area contributed by atoms with Crippen molar-refractivity contribution in [3.63, 3.8) is 0 Å². The van der Waals surface area contributed by atoms with Gasteiger partial charge >= 0.3 is 12.0 Å². The number of aliphatic carboxylic acids is 1. The molecule has 0 aromatic heterocycles. The molecule has 0 atom stereocenters. The molecule has 0 unspecified atom stereocenters. The van der Waals surface area contributed by atoms with Gasteiger partial charge in [-0.05, 0) is 31.9 Å². The van der Waals surface area contributed by atoms with Crippen molar-refractivity contribution in [2.24, 2.45) is 5.92 Å². The maximum atomic E-state index is 12.2. The van der Waals surface area contributed by atoms with Gasteiger partial charge in [0.15, 0.2) is 0 Å². The number of hydrogen-bond acceptors (Lipinski definition) is 3. The molecule has 0 aliphatic carbocycles. The smallest absolute Gasteiger partial charge is 0.321 e. The van der Waals surface area contributed by atoms with Crippen LogP contribution >= 0.6 is 0 Å². The van der Waals surface area contributed by atoms with Gasteiger partial charge in [-0.2, -0.15) is 0 Å². The van der Waals surface area contributed by atoms with E-state index in [0.29, 0.717) is 44.0 Å². The van der Waals surface area contributed by atoms with E-state index in [1.165, 1.54) is 0 Å². The lowest BCUT2D eigenvalue weighted by Crippen LogP contribution is -2.42. The first-order chi connectivity index (χ1) is 10.1. The van der Waals surface area contributed by atoms with Crippen molar-refractivity contribution in [3.8, 4) is 5.75 Å². The number of benzene rings is 1. The van der Waals surface area contributed by atoms with E-state index in [1.54, 1.807) is 17.0 Å². The second-order valence-electron chi connectivity index (χ2n) is 4.96. The standard InChI is InChI=1S/C15H20N2O4/c1-2-21-13-6-4-3-5-12(13)16-15(20)17-9-7-11(8-10-17)14(18)19/h3-6,11H,2,7-10H2,1H3,(H,16,20)(H,18,19). The maximum absolute atomic E-state index is 12.2. The van der Waals surface area contributed by atoms with Crippen LogP contribution in [0.3, 0.4) is 0 Å². The number of rotatable bonds is 4. The number of ether oxygens (including phenoxy) is 1. The summed E-state index contributed by atoms with van der Waals surface area (Å²) < 4.78 is 5.46. The molecule has 1 fully saturated rings. The van der Waals surface area contributed by atoms with Crippen molar-refractivity contribution in [2.45, 2.75) is 19.8 Å². The Kier molecular flexibility index (Phi) is 5.03. The fourth-order valence-corrected chi connectivity index (χ4v) is 2.38. The molecule has 0 spiro atoms. The van der Waals surface area contributed by atoms with E-state index in [9.17, 15) is 9.59 Å². The van der Waals surface area contributed by atoms with Crippen LogP contribution in [-0.2, 0) is 4.79 Å². The fourth-order valence-electron chi connectivity index (χ4n) is 2.38. The number of nitrogens with one attached hydrogen (secondary N) is 1. The number of amides is 2. The molecular weight excluding hydrogens is 272 g/mol. The molecule has 6 nitrogen and oxygen atoms in total. The Hall–Kier alpha value is -2.24. The van der Waals surface area contributed by atoms with Gasteiger partial charge in [-0.25, -0.2) is 4.79 Å². The zero-order chi connectivity index (χ0) is 15.2. The van der Waals surface area contributed by atoms with E-state index in [1.807, 2.05) is 19.1 Å². The van der Waals surface area contributed by atoms with Crippen molar-refractivity contribution in [1.82, 2.24) is 4.90 Å². The third kappa shape index (κ3) is 3.87. The topological polar surface area (TPSA) is 78.9 Å². The number of likely N-dealkylation sites (tertiary alicyclic amines) is 1. The molecule has 2 N–H and O–H groups in total. The Labute approximate surface area is 123 Å². The van der Waals surface area contributed by atoms with E-state index in [4.69, 9.17) is 9.84 Å². The molecule has 6 heteroatoms. The molecule has 1 heterocycles. The third-order valence-corrected chi connectivity index (χ3v) is 3.56. The Balaban J connectivity index is 1.95. The number of piperidine rings is 1. The van der Waals surface area contributed by atoms with Gasteiger partial charge in [0.25, 0.3) is 0 Å². The molecule has 0 radical (unpaired) electrons. The summed E-state index contributed by atoms with van der Waals surface area (Å²) in [6.07, 6.45) is 0.992. The normalized spacial score (nSPS) is 15.6. The summed E-state index contributed by atoms with van der Waals surface area (Å²) in [4.78, 5) is 24.8. The number of urea groups is 1. The Morgan fingerprint density at radius 3 is 2.62 bits per heavy atom. The molecule has 21 heavy (non-hydrogen) atoms. The van der Waals surface area contributed by atoms with E-state index in [-0.39, 0.29) is 11.9 Å². The summed E-state index contributed by atoms with van der Waals surface area (Å²) in [6, 6.07) is 7.04. The third-order valence-electron chi connectivity index (χ3n) is 3.56. The highest BCUT2D eigenvalue weighted by atomic mass is 16.5. The van der Waals surface area contributed by atoms with Gasteiger partial charge in [0.2, 0.25) is 0 Å². The van der Waals surface area contributed by atoms with Crippen molar-refractivity contribution in [2.75, 3.05) is 25.0 Å². The first-order valence-electron chi connectivity index (χ1n) is 7.12. The number of para-hydroxylation sites is 2. The van der Waals surface area contributed by atoms with Crippen LogP contribution in [-0.4, -0.2) is 41.7 Å². The van der Waals surface area contributed by atoms with Crippen molar-refractivity contribution < 1.29 is 19.4 Å². The van der Waals surface area contributed by atoms with Gasteiger partial charge in [-0.1, -0.05) is 12.1 Å². The second-order valence-corrected chi connectivity index (χ2v) is 4.96. The van der Waals surface area contributed by atoms with Crippen LogP contribution in [0.5, 0.6) is 5.75 Å². The minimum Gasteiger partial charge on any atom is -0.492 e. The molecular formula is C15H20N2O4. The molecule has 1 saturated heterocycles. The summed E-state index contributed by atoms with van der Waals surface area (Å²) in [7, 11) is 0. The van der Waals surface area contributed by atoms with Gasteiger partial charge in [-0.15, -0.1) is 0 Å². The zero-order valence-electron chi connectivity index (χ0n) is 12.0. The number of carbonyl (C=O) groups excluding carboxylic acids is 1. The summed E-state index contributed by atoms with van der Waals surface area (Å²) in [5.74, 6) is -0.490. The largest absolute Gasteiger partial charge is 0.492 e. The Bertz CT molecular complexity index is 510. The first-order valence-corrected chi connectivity index (χ1v) is 7.12. The maximum Gasteiger partial charge on any atom is 0.321 e. The predicted octanol–water partition coefficient (Wildman–Crippen LogP) is 2.41. The average Bonchev–Trinajstić information content (AvgIpc) is 2.49. The number of carboxylic acids is 1. The van der Waals surface area contributed by atoms with E-state index >= 15 is 0 Å². The van der Waals surface area contributed by atoms with Crippen LogP contribution in [0.2, 0.25) is 0 Å². The highest BCUT2D eigenvalue weighted by molar-refractivity contribution is 5.91. The summed E-state index contributed by atoms with van der Waals surface area (Å²) in [5.41, 5.74) is 0.629. The number of carboxylic acid groups (broad SMARTS) is 1. The molecule has 0 saturated carbocycles. The lowest BCUT2D eigenvalue weighted by atomic mass is 9.97. The van der Waals surface area contributed by atoms with Gasteiger partial charge < -0.3 is 20.1 Å². The van der Waals surface area contributed by atoms with Crippen LogP contribution in [0.25, 0.3) is 0 Å². The Morgan fingerprint density at radius 1 is 1.33 bits per heavy atom. The summed E-state index contributed by atoms with van der Waals surface area (Å²) >= 11 is 0. The first kappa shape index (κ1) is 15.2. The number of nitrogens with zero attached hydrogens (tertiary/aromatic N) is 1. The fraction of sp³-hybridized carbons (Fsp3) is 0.467. The van der Waals surface area contributed by atoms with Crippen molar-refractivity contribution in [1.29, 1.82) is 0 Å². The van der Waals surface area contributed by atoms with Crippen LogP contribution in [0.1, 0.15) is 19.8 Å².